The zero-order valence-corrected chi connectivity index (χ0v) is 18.1. The first kappa shape index (κ1) is 19.6. The Labute approximate surface area is 174 Å². The van der Waals surface area contributed by atoms with Gasteiger partial charge in [0.1, 0.15) is 5.75 Å². The summed E-state index contributed by atoms with van der Waals surface area (Å²) in [6, 6.07) is 17.7. The number of nitrogens with zero attached hydrogens (tertiary/aromatic N) is 1. The Balaban J connectivity index is 1.63. The third kappa shape index (κ3) is 4.96. The van der Waals surface area contributed by atoms with E-state index in [1.165, 1.54) is 5.56 Å². The van der Waals surface area contributed by atoms with Gasteiger partial charge in [-0.05, 0) is 64.3 Å². The molecule has 3 aromatic rings. The highest BCUT2D eigenvalue weighted by Gasteiger charge is 2.09. The Kier molecular flexibility index (Phi) is 6.29. The van der Waals surface area contributed by atoms with Crippen molar-refractivity contribution < 1.29 is 9.53 Å². The van der Waals surface area contributed by atoms with Gasteiger partial charge in [0, 0.05) is 4.47 Å². The highest BCUT2D eigenvalue weighted by molar-refractivity contribution is 9.11. The highest BCUT2D eigenvalue weighted by atomic mass is 79.9. The fourth-order valence-electron chi connectivity index (χ4n) is 2.54. The normalized spacial score (nSPS) is 11.5. The van der Waals surface area contributed by atoms with Crippen LogP contribution in [-0.2, 0) is 4.79 Å². The van der Waals surface area contributed by atoms with E-state index in [1.54, 1.807) is 0 Å². The largest absolute Gasteiger partial charge is 0.483 e. The maximum Gasteiger partial charge on any atom is 0.277 e. The molecule has 0 atom stereocenters. The van der Waals surface area contributed by atoms with Gasteiger partial charge in [-0.3, -0.25) is 4.79 Å². The maximum absolute atomic E-state index is 12.1. The Bertz CT molecular complexity index is 1010. The number of amides is 1. The van der Waals surface area contributed by atoms with Crippen LogP contribution in [0.15, 0.2) is 68.6 Å². The molecule has 3 rings (SSSR count). The lowest BCUT2D eigenvalue weighted by molar-refractivity contribution is -0.123. The summed E-state index contributed by atoms with van der Waals surface area (Å²) < 4.78 is 7.48. The molecule has 0 aromatic heterocycles. The smallest absolute Gasteiger partial charge is 0.277 e. The summed E-state index contributed by atoms with van der Waals surface area (Å²) >= 11 is 7.02. The van der Waals surface area contributed by atoms with Gasteiger partial charge in [-0.15, -0.1) is 0 Å². The van der Waals surface area contributed by atoms with E-state index in [0.717, 1.165) is 31.0 Å². The SMILES string of the molecule is C/C(=N\NC(=O)COc1ccc2cc(Br)ccc2c1Br)c1ccc(C)cc1. The summed E-state index contributed by atoms with van der Waals surface area (Å²) in [5.41, 5.74) is 5.41. The molecule has 6 heteroatoms. The number of ether oxygens (including phenoxy) is 1. The summed E-state index contributed by atoms with van der Waals surface area (Å²) in [6.07, 6.45) is 0. The van der Waals surface area contributed by atoms with Crippen molar-refractivity contribution in [3.63, 3.8) is 0 Å². The number of rotatable bonds is 5. The molecule has 0 heterocycles. The van der Waals surface area contributed by atoms with Crippen molar-refractivity contribution in [3.8, 4) is 5.75 Å². The molecular weight excluding hydrogens is 472 g/mol. The number of nitrogens with one attached hydrogen (secondary N) is 1. The molecule has 0 spiro atoms. The molecule has 0 aliphatic rings. The molecule has 27 heavy (non-hydrogen) atoms. The second-order valence-corrected chi connectivity index (χ2v) is 7.84. The minimum Gasteiger partial charge on any atom is -0.483 e. The van der Waals surface area contributed by atoms with Gasteiger partial charge < -0.3 is 4.74 Å². The van der Waals surface area contributed by atoms with Crippen LogP contribution in [0.2, 0.25) is 0 Å². The summed E-state index contributed by atoms with van der Waals surface area (Å²) in [5.74, 6) is 0.295. The molecule has 1 amide bonds. The van der Waals surface area contributed by atoms with E-state index in [0.29, 0.717) is 5.75 Å². The Morgan fingerprint density at radius 1 is 1.07 bits per heavy atom. The van der Waals surface area contributed by atoms with Crippen LogP contribution < -0.4 is 10.2 Å². The van der Waals surface area contributed by atoms with Gasteiger partial charge in [0.25, 0.3) is 5.91 Å². The zero-order chi connectivity index (χ0) is 19.4. The standard InChI is InChI=1S/C21H18Br2N2O2/c1-13-3-5-15(6-4-13)14(2)24-25-20(26)12-27-19-10-7-16-11-17(22)8-9-18(16)21(19)23/h3-11H,12H2,1-2H3,(H,25,26)/b24-14+. The number of fused-ring (bicyclic) bond motifs is 1. The first-order valence-corrected chi connectivity index (χ1v) is 9.93. The van der Waals surface area contributed by atoms with Gasteiger partial charge in [0.15, 0.2) is 6.61 Å². The fourth-order valence-corrected chi connectivity index (χ4v) is 3.52. The highest BCUT2D eigenvalue weighted by Crippen LogP contribution is 2.34. The molecule has 0 aliphatic heterocycles. The second-order valence-electron chi connectivity index (χ2n) is 6.13. The van der Waals surface area contributed by atoms with E-state index in [4.69, 9.17) is 4.74 Å². The Morgan fingerprint density at radius 3 is 2.56 bits per heavy atom. The van der Waals surface area contributed by atoms with E-state index in [1.807, 2.05) is 68.4 Å². The van der Waals surface area contributed by atoms with Gasteiger partial charge in [0.2, 0.25) is 0 Å². The predicted molar refractivity (Wildman–Crippen MR) is 116 cm³/mol. The molecule has 138 valence electrons. The van der Waals surface area contributed by atoms with Crippen LogP contribution in [0.3, 0.4) is 0 Å². The van der Waals surface area contributed by atoms with Crippen LogP contribution in [-0.4, -0.2) is 18.2 Å². The zero-order valence-electron chi connectivity index (χ0n) is 14.9. The first-order chi connectivity index (χ1) is 12.9. The van der Waals surface area contributed by atoms with Gasteiger partial charge in [0.05, 0.1) is 10.2 Å². The van der Waals surface area contributed by atoms with Crippen molar-refractivity contribution in [3.05, 3.63) is 74.7 Å². The molecule has 0 aliphatic carbocycles. The van der Waals surface area contributed by atoms with Gasteiger partial charge >= 0.3 is 0 Å². The van der Waals surface area contributed by atoms with E-state index >= 15 is 0 Å². The van der Waals surface area contributed by atoms with Gasteiger partial charge in [-0.1, -0.05) is 57.9 Å². The van der Waals surface area contributed by atoms with Crippen LogP contribution >= 0.6 is 31.9 Å². The number of hydrazone groups is 1. The number of carbonyl (C=O) groups excluding carboxylic acids is 1. The van der Waals surface area contributed by atoms with Crippen molar-refractivity contribution >= 4 is 54.3 Å². The van der Waals surface area contributed by atoms with E-state index in [2.05, 4.69) is 42.4 Å². The van der Waals surface area contributed by atoms with Crippen LogP contribution in [0, 0.1) is 6.92 Å². The number of carbonyl (C=O) groups is 1. The summed E-state index contributed by atoms with van der Waals surface area (Å²) in [6.45, 7) is 3.76. The molecule has 0 unspecified atom stereocenters. The minimum atomic E-state index is -0.315. The van der Waals surface area contributed by atoms with Gasteiger partial charge in [-0.25, -0.2) is 5.43 Å². The molecular formula is C21H18Br2N2O2. The molecule has 1 N–H and O–H groups in total. The average molecular weight is 490 g/mol. The van der Waals surface area contributed by atoms with Crippen molar-refractivity contribution in [2.24, 2.45) is 5.10 Å². The molecule has 0 saturated heterocycles. The topological polar surface area (TPSA) is 50.7 Å². The van der Waals surface area contributed by atoms with E-state index in [-0.39, 0.29) is 12.5 Å². The number of aryl methyl sites for hydroxylation is 1. The molecule has 0 bridgehead atoms. The average Bonchev–Trinajstić information content (AvgIpc) is 2.66. The summed E-state index contributed by atoms with van der Waals surface area (Å²) in [5, 5.41) is 6.23. The molecule has 0 saturated carbocycles. The molecule has 4 nitrogen and oxygen atoms in total. The number of benzene rings is 3. The van der Waals surface area contributed by atoms with Crippen molar-refractivity contribution in [2.45, 2.75) is 13.8 Å². The third-order valence-electron chi connectivity index (χ3n) is 4.06. The lowest BCUT2D eigenvalue weighted by atomic mass is 10.1. The number of hydrogen-bond donors (Lipinski definition) is 1. The minimum absolute atomic E-state index is 0.120. The van der Waals surface area contributed by atoms with Crippen LogP contribution in [0.5, 0.6) is 5.75 Å². The predicted octanol–water partition coefficient (Wildman–Crippen LogP) is 5.59. The molecule has 3 aromatic carbocycles. The Hall–Kier alpha value is -2.18. The molecule has 0 fully saturated rings. The van der Waals surface area contributed by atoms with E-state index < -0.39 is 0 Å². The first-order valence-electron chi connectivity index (χ1n) is 8.35. The number of hydrogen-bond acceptors (Lipinski definition) is 3. The van der Waals surface area contributed by atoms with Gasteiger partial charge in [-0.2, -0.15) is 5.10 Å². The monoisotopic (exact) mass is 488 g/mol. The maximum atomic E-state index is 12.1. The third-order valence-corrected chi connectivity index (χ3v) is 5.37. The second kappa shape index (κ2) is 8.67. The fraction of sp³-hybridized carbons (Fsp3) is 0.143. The summed E-state index contributed by atoms with van der Waals surface area (Å²) in [7, 11) is 0. The van der Waals surface area contributed by atoms with Crippen molar-refractivity contribution in [1.82, 2.24) is 5.43 Å². The lowest BCUT2D eigenvalue weighted by Gasteiger charge is -2.10. The van der Waals surface area contributed by atoms with Crippen LogP contribution in [0.25, 0.3) is 10.8 Å². The van der Waals surface area contributed by atoms with Crippen molar-refractivity contribution in [1.29, 1.82) is 0 Å². The molecule has 0 radical (unpaired) electrons. The quantitative estimate of drug-likeness (QED) is 0.375. The lowest BCUT2D eigenvalue weighted by Crippen LogP contribution is -2.25. The van der Waals surface area contributed by atoms with Crippen LogP contribution in [0.1, 0.15) is 18.1 Å². The Morgan fingerprint density at radius 2 is 1.81 bits per heavy atom. The van der Waals surface area contributed by atoms with Crippen molar-refractivity contribution in [2.75, 3.05) is 6.61 Å². The van der Waals surface area contributed by atoms with E-state index in [9.17, 15) is 4.79 Å². The van der Waals surface area contributed by atoms with Crippen LogP contribution in [0.4, 0.5) is 0 Å². The summed E-state index contributed by atoms with van der Waals surface area (Å²) in [4.78, 5) is 12.1. The number of halogens is 2.